The summed E-state index contributed by atoms with van der Waals surface area (Å²) in [5, 5.41) is 12.4. The number of amides is 1. The van der Waals surface area contributed by atoms with Crippen LogP contribution in [-0.4, -0.2) is 40.3 Å². The fourth-order valence-corrected chi connectivity index (χ4v) is 5.86. The smallest absolute Gasteiger partial charge is 0.319 e. The van der Waals surface area contributed by atoms with Gasteiger partial charge in [0, 0.05) is 22.2 Å². The highest BCUT2D eigenvalue weighted by Gasteiger charge is 2.34. The molecule has 0 saturated heterocycles. The molecule has 0 saturated carbocycles. The second kappa shape index (κ2) is 7.94. The molecule has 4 aromatic rings. The molecule has 0 aliphatic heterocycles. The summed E-state index contributed by atoms with van der Waals surface area (Å²) < 4.78 is 11.0. The molecule has 0 bridgehead atoms. The molecule has 5 rings (SSSR count). The van der Waals surface area contributed by atoms with Crippen molar-refractivity contribution in [3.8, 4) is 11.8 Å². The first-order valence-corrected chi connectivity index (χ1v) is 11.3. The summed E-state index contributed by atoms with van der Waals surface area (Å²) >= 11 is 1.58. The van der Waals surface area contributed by atoms with E-state index in [-0.39, 0.29) is 23.8 Å². The van der Waals surface area contributed by atoms with Crippen molar-refractivity contribution < 1.29 is 14.3 Å². The topological polar surface area (TPSA) is 128 Å². The van der Waals surface area contributed by atoms with Crippen LogP contribution in [0.15, 0.2) is 18.3 Å². The number of benzene rings is 1. The number of ether oxygens (including phenoxy) is 2. The number of carbonyl (C=O) groups is 1. The van der Waals surface area contributed by atoms with Gasteiger partial charge < -0.3 is 20.5 Å². The van der Waals surface area contributed by atoms with Gasteiger partial charge in [-0.25, -0.2) is 0 Å². The van der Waals surface area contributed by atoms with E-state index in [1.54, 1.807) is 31.8 Å². The molecule has 2 atom stereocenters. The van der Waals surface area contributed by atoms with Crippen molar-refractivity contribution in [2.75, 3.05) is 19.5 Å². The van der Waals surface area contributed by atoms with Crippen LogP contribution in [0, 0.1) is 5.92 Å². The number of hydrogen-bond acceptors (Lipinski definition) is 8. The first-order chi connectivity index (χ1) is 15.5. The third-order valence-corrected chi connectivity index (χ3v) is 7.27. The zero-order valence-electron chi connectivity index (χ0n) is 18.1. The maximum Gasteiger partial charge on any atom is 0.319 e. The molecule has 32 heavy (non-hydrogen) atoms. The molecular formula is C22H24N6O3S. The van der Waals surface area contributed by atoms with Gasteiger partial charge in [0.15, 0.2) is 0 Å². The van der Waals surface area contributed by atoms with E-state index in [0.717, 1.165) is 44.5 Å². The van der Waals surface area contributed by atoms with Gasteiger partial charge in [0.05, 0.1) is 37.0 Å². The van der Waals surface area contributed by atoms with E-state index in [1.807, 2.05) is 12.1 Å². The lowest BCUT2D eigenvalue weighted by molar-refractivity contribution is -0.122. The van der Waals surface area contributed by atoms with Gasteiger partial charge in [-0.2, -0.15) is 15.1 Å². The zero-order chi connectivity index (χ0) is 22.4. The Balaban J connectivity index is 1.69. The maximum atomic E-state index is 11.9. The lowest BCUT2D eigenvalue weighted by Gasteiger charge is -2.27. The van der Waals surface area contributed by atoms with Crippen molar-refractivity contribution in [1.82, 2.24) is 20.2 Å². The fraction of sp³-hybridized carbons (Fsp3) is 0.364. The van der Waals surface area contributed by atoms with Crippen molar-refractivity contribution in [2.45, 2.75) is 32.1 Å². The number of hydrogen-bond donors (Lipinski definition) is 3. The Labute approximate surface area is 188 Å². The average molecular weight is 453 g/mol. The van der Waals surface area contributed by atoms with E-state index in [9.17, 15) is 4.79 Å². The summed E-state index contributed by atoms with van der Waals surface area (Å²) in [6, 6.07) is 4.15. The normalized spacial score (nSPS) is 18.0. The standard InChI is InChI=1S/C22H24N6O3S/c1-4-10-5-11(19(23)29)7-16-17(10)18-20(26-22(31-3)27-21(18)32-16)25-14-6-12-9-24-28-13(12)8-15(14)30-2/h6,8-11H,4-5,7H2,1-3H3,(H2,23,29)(H,24,28)(H,25,26,27)/t10?,11-/m0/s1. The van der Waals surface area contributed by atoms with E-state index in [4.69, 9.17) is 15.2 Å². The number of carbonyl (C=O) groups excluding carboxylic acids is 1. The quantitative estimate of drug-likeness (QED) is 0.405. The number of primary amides is 1. The monoisotopic (exact) mass is 452 g/mol. The summed E-state index contributed by atoms with van der Waals surface area (Å²) in [5.74, 6) is 1.13. The van der Waals surface area contributed by atoms with E-state index >= 15 is 0 Å². The Morgan fingerprint density at radius 1 is 1.31 bits per heavy atom. The van der Waals surface area contributed by atoms with Crippen LogP contribution in [0.25, 0.3) is 21.1 Å². The van der Waals surface area contributed by atoms with Crippen molar-refractivity contribution in [1.29, 1.82) is 0 Å². The minimum absolute atomic E-state index is 0.157. The SMILES string of the molecule is CCC1C[C@H](C(N)=O)Cc2sc3nc(OC)nc(Nc4cc5cn[nH]c5cc4OC)c3c21. The van der Waals surface area contributed by atoms with Crippen LogP contribution < -0.4 is 20.5 Å². The summed E-state index contributed by atoms with van der Waals surface area (Å²) in [4.78, 5) is 23.2. The number of nitrogens with two attached hydrogens (primary N) is 1. The number of methoxy groups -OCH3 is 2. The van der Waals surface area contributed by atoms with Gasteiger partial charge in [0.25, 0.3) is 0 Å². The van der Waals surface area contributed by atoms with Crippen LogP contribution in [0.4, 0.5) is 11.5 Å². The molecule has 1 aliphatic rings. The number of nitrogens with zero attached hydrogens (tertiary/aromatic N) is 3. The molecule has 10 heteroatoms. The van der Waals surface area contributed by atoms with E-state index in [0.29, 0.717) is 18.0 Å². The number of anilines is 2. The number of H-pyrrole nitrogens is 1. The summed E-state index contributed by atoms with van der Waals surface area (Å²) in [6.45, 7) is 2.13. The molecule has 0 spiro atoms. The second-order valence-electron chi connectivity index (χ2n) is 7.96. The molecular weight excluding hydrogens is 428 g/mol. The number of aromatic amines is 1. The molecule has 0 fully saturated rings. The number of rotatable bonds is 6. The van der Waals surface area contributed by atoms with Gasteiger partial charge in [0.1, 0.15) is 16.4 Å². The summed E-state index contributed by atoms with van der Waals surface area (Å²) in [6.07, 6.45) is 4.03. The molecule has 9 nitrogen and oxygen atoms in total. The van der Waals surface area contributed by atoms with Crippen molar-refractivity contribution in [2.24, 2.45) is 11.7 Å². The maximum absolute atomic E-state index is 11.9. The highest BCUT2D eigenvalue weighted by molar-refractivity contribution is 7.19. The highest BCUT2D eigenvalue weighted by atomic mass is 32.1. The van der Waals surface area contributed by atoms with Crippen molar-refractivity contribution >= 4 is 49.9 Å². The molecule has 3 aromatic heterocycles. The van der Waals surface area contributed by atoms with Gasteiger partial charge in [0.2, 0.25) is 5.91 Å². The minimum Gasteiger partial charge on any atom is -0.494 e. The third-order valence-electron chi connectivity index (χ3n) is 6.15. The third kappa shape index (κ3) is 3.31. The van der Waals surface area contributed by atoms with Crippen LogP contribution in [0.5, 0.6) is 11.8 Å². The molecule has 1 unspecified atom stereocenters. The largest absolute Gasteiger partial charge is 0.494 e. The summed E-state index contributed by atoms with van der Waals surface area (Å²) in [5.41, 5.74) is 8.52. The number of aromatic nitrogens is 4. The predicted octanol–water partition coefficient (Wildman–Crippen LogP) is 3.87. The highest BCUT2D eigenvalue weighted by Crippen LogP contribution is 2.48. The zero-order valence-corrected chi connectivity index (χ0v) is 18.9. The average Bonchev–Trinajstić information content (AvgIpc) is 3.41. The van der Waals surface area contributed by atoms with E-state index < -0.39 is 0 Å². The fourth-order valence-electron chi connectivity index (χ4n) is 4.54. The molecule has 1 aromatic carbocycles. The lowest BCUT2D eigenvalue weighted by Crippen LogP contribution is -2.29. The van der Waals surface area contributed by atoms with Crippen molar-refractivity contribution in [3.63, 3.8) is 0 Å². The van der Waals surface area contributed by atoms with Crippen LogP contribution in [0.3, 0.4) is 0 Å². The van der Waals surface area contributed by atoms with Crippen LogP contribution in [0.2, 0.25) is 0 Å². The first kappa shape index (κ1) is 20.5. The Morgan fingerprint density at radius 2 is 2.16 bits per heavy atom. The van der Waals surface area contributed by atoms with Gasteiger partial charge in [-0.1, -0.05) is 6.92 Å². The minimum atomic E-state index is -0.244. The molecule has 166 valence electrons. The Hall–Kier alpha value is -3.40. The molecule has 1 aliphatic carbocycles. The first-order valence-electron chi connectivity index (χ1n) is 10.5. The van der Waals surface area contributed by atoms with Crippen molar-refractivity contribution in [3.05, 3.63) is 28.8 Å². The van der Waals surface area contributed by atoms with Gasteiger partial charge in [-0.3, -0.25) is 9.89 Å². The van der Waals surface area contributed by atoms with Gasteiger partial charge in [-0.15, -0.1) is 11.3 Å². The van der Waals surface area contributed by atoms with Crippen LogP contribution in [-0.2, 0) is 11.2 Å². The molecule has 1 amide bonds. The predicted molar refractivity (Wildman–Crippen MR) is 124 cm³/mol. The number of nitrogens with one attached hydrogen (secondary N) is 2. The lowest BCUT2D eigenvalue weighted by atomic mass is 9.78. The molecule has 0 radical (unpaired) electrons. The number of fused-ring (bicyclic) bond motifs is 4. The van der Waals surface area contributed by atoms with E-state index in [1.165, 1.54) is 5.56 Å². The second-order valence-corrected chi connectivity index (χ2v) is 9.04. The molecule has 3 heterocycles. The Morgan fingerprint density at radius 3 is 2.88 bits per heavy atom. The number of thiophene rings is 1. The molecule has 4 N–H and O–H groups in total. The van der Waals surface area contributed by atoms with Gasteiger partial charge in [-0.05, 0) is 36.8 Å². The Kier molecular flexibility index (Phi) is 5.09. The van der Waals surface area contributed by atoms with Gasteiger partial charge >= 0.3 is 6.01 Å². The van der Waals surface area contributed by atoms with Crippen LogP contribution >= 0.6 is 11.3 Å². The van der Waals surface area contributed by atoms with E-state index in [2.05, 4.69) is 32.4 Å². The van der Waals surface area contributed by atoms with Crippen LogP contribution in [0.1, 0.15) is 36.1 Å². The Bertz CT molecular complexity index is 1330. The summed E-state index contributed by atoms with van der Waals surface area (Å²) in [7, 11) is 3.18.